The number of carbonyl (C=O) groups excluding carboxylic acids is 1. The van der Waals surface area contributed by atoms with Crippen LogP contribution in [-0.4, -0.2) is 10.9 Å². The van der Waals surface area contributed by atoms with Crippen LogP contribution in [0, 0.1) is 6.92 Å². The standard InChI is InChI=1S/C13H11BrN2O/c1-9-6-7-15-12(8-9)16-13(17)10-4-2-3-5-11(10)14/h2-8H,1H3,(H,15,16,17). The Morgan fingerprint density at radius 3 is 2.76 bits per heavy atom. The third kappa shape index (κ3) is 2.91. The van der Waals surface area contributed by atoms with Crippen LogP contribution in [0.4, 0.5) is 5.82 Å². The fourth-order valence-corrected chi connectivity index (χ4v) is 1.90. The molecule has 1 amide bonds. The van der Waals surface area contributed by atoms with Gasteiger partial charge in [0, 0.05) is 10.7 Å². The molecule has 0 aliphatic heterocycles. The molecule has 0 saturated carbocycles. The smallest absolute Gasteiger partial charge is 0.257 e. The third-order valence-corrected chi connectivity index (χ3v) is 2.97. The maximum Gasteiger partial charge on any atom is 0.257 e. The first-order chi connectivity index (χ1) is 8.16. The fraction of sp³-hybridized carbons (Fsp3) is 0.0769. The molecular formula is C13H11BrN2O. The number of rotatable bonds is 2. The molecule has 0 aliphatic carbocycles. The molecule has 2 aromatic rings. The van der Waals surface area contributed by atoms with Crippen LogP contribution < -0.4 is 5.32 Å². The number of benzene rings is 1. The predicted octanol–water partition coefficient (Wildman–Crippen LogP) is 3.40. The van der Waals surface area contributed by atoms with Gasteiger partial charge in [0.2, 0.25) is 0 Å². The first-order valence-corrected chi connectivity index (χ1v) is 5.94. The zero-order valence-electron chi connectivity index (χ0n) is 9.27. The molecule has 0 unspecified atom stereocenters. The van der Waals surface area contributed by atoms with Gasteiger partial charge in [-0.2, -0.15) is 0 Å². The number of aromatic nitrogens is 1. The van der Waals surface area contributed by atoms with Crippen LogP contribution in [-0.2, 0) is 0 Å². The minimum Gasteiger partial charge on any atom is -0.307 e. The summed E-state index contributed by atoms with van der Waals surface area (Å²) in [5.74, 6) is 0.390. The second kappa shape index (κ2) is 5.10. The Labute approximate surface area is 108 Å². The van der Waals surface area contributed by atoms with Crippen LogP contribution in [0.1, 0.15) is 15.9 Å². The number of aryl methyl sites for hydroxylation is 1. The lowest BCUT2D eigenvalue weighted by atomic mass is 10.2. The van der Waals surface area contributed by atoms with Crippen molar-refractivity contribution in [1.82, 2.24) is 4.98 Å². The van der Waals surface area contributed by atoms with E-state index in [0.29, 0.717) is 11.4 Å². The summed E-state index contributed by atoms with van der Waals surface area (Å²) in [6, 6.07) is 11.0. The fourth-order valence-electron chi connectivity index (χ4n) is 1.43. The first-order valence-electron chi connectivity index (χ1n) is 5.15. The van der Waals surface area contributed by atoms with E-state index in [2.05, 4.69) is 26.2 Å². The normalized spacial score (nSPS) is 10.0. The Morgan fingerprint density at radius 1 is 1.29 bits per heavy atom. The number of amides is 1. The van der Waals surface area contributed by atoms with Crippen molar-refractivity contribution in [2.24, 2.45) is 0 Å². The second-order valence-corrected chi connectivity index (χ2v) is 4.51. The molecule has 2 rings (SSSR count). The molecule has 0 radical (unpaired) electrons. The van der Waals surface area contributed by atoms with E-state index in [1.807, 2.05) is 37.3 Å². The molecule has 0 atom stereocenters. The van der Waals surface area contributed by atoms with Gasteiger partial charge in [-0.1, -0.05) is 12.1 Å². The molecule has 0 spiro atoms. The van der Waals surface area contributed by atoms with Gasteiger partial charge in [0.25, 0.3) is 5.91 Å². The molecular weight excluding hydrogens is 280 g/mol. The van der Waals surface area contributed by atoms with E-state index in [-0.39, 0.29) is 5.91 Å². The molecule has 86 valence electrons. The Kier molecular flexibility index (Phi) is 3.54. The van der Waals surface area contributed by atoms with Crippen molar-refractivity contribution in [3.05, 3.63) is 58.2 Å². The average Bonchev–Trinajstić information content (AvgIpc) is 2.29. The number of anilines is 1. The molecule has 1 aromatic carbocycles. The largest absolute Gasteiger partial charge is 0.307 e. The molecule has 0 aliphatic rings. The van der Waals surface area contributed by atoms with E-state index < -0.39 is 0 Å². The minimum atomic E-state index is -0.171. The summed E-state index contributed by atoms with van der Waals surface area (Å²) in [4.78, 5) is 16.1. The van der Waals surface area contributed by atoms with Crippen LogP contribution in [0.5, 0.6) is 0 Å². The summed E-state index contributed by atoms with van der Waals surface area (Å²) < 4.78 is 0.769. The third-order valence-electron chi connectivity index (χ3n) is 2.28. The van der Waals surface area contributed by atoms with Crippen molar-refractivity contribution in [3.8, 4) is 0 Å². The number of nitrogens with one attached hydrogen (secondary N) is 1. The van der Waals surface area contributed by atoms with E-state index in [1.165, 1.54) is 0 Å². The molecule has 0 bridgehead atoms. The summed E-state index contributed by atoms with van der Waals surface area (Å²) in [6.45, 7) is 1.95. The maximum atomic E-state index is 12.0. The number of hydrogen-bond acceptors (Lipinski definition) is 2. The zero-order valence-corrected chi connectivity index (χ0v) is 10.9. The summed E-state index contributed by atoms with van der Waals surface area (Å²) in [7, 11) is 0. The monoisotopic (exact) mass is 290 g/mol. The molecule has 1 aromatic heterocycles. The number of nitrogens with zero attached hydrogens (tertiary/aromatic N) is 1. The van der Waals surface area contributed by atoms with Crippen LogP contribution in [0.2, 0.25) is 0 Å². The van der Waals surface area contributed by atoms with Gasteiger partial charge in [-0.25, -0.2) is 4.98 Å². The highest BCUT2D eigenvalue weighted by atomic mass is 79.9. The Bertz CT molecular complexity index is 555. The average molecular weight is 291 g/mol. The minimum absolute atomic E-state index is 0.171. The molecule has 1 heterocycles. The highest BCUT2D eigenvalue weighted by Gasteiger charge is 2.09. The van der Waals surface area contributed by atoms with Crippen molar-refractivity contribution in [1.29, 1.82) is 0 Å². The molecule has 17 heavy (non-hydrogen) atoms. The molecule has 1 N–H and O–H groups in total. The highest BCUT2D eigenvalue weighted by Crippen LogP contribution is 2.17. The lowest BCUT2D eigenvalue weighted by Crippen LogP contribution is -2.13. The lowest BCUT2D eigenvalue weighted by Gasteiger charge is -2.06. The summed E-state index contributed by atoms with van der Waals surface area (Å²) in [6.07, 6.45) is 1.67. The SMILES string of the molecule is Cc1ccnc(NC(=O)c2ccccc2Br)c1. The quantitative estimate of drug-likeness (QED) is 0.921. The van der Waals surface area contributed by atoms with Gasteiger partial charge in [-0.3, -0.25) is 4.79 Å². The number of carbonyl (C=O) groups is 1. The van der Waals surface area contributed by atoms with E-state index in [9.17, 15) is 4.79 Å². The van der Waals surface area contributed by atoms with Crippen molar-refractivity contribution < 1.29 is 4.79 Å². The molecule has 4 heteroatoms. The van der Waals surface area contributed by atoms with Gasteiger partial charge < -0.3 is 5.32 Å². The van der Waals surface area contributed by atoms with E-state index in [1.54, 1.807) is 12.3 Å². The van der Waals surface area contributed by atoms with Gasteiger partial charge in [-0.05, 0) is 52.7 Å². The number of hydrogen-bond donors (Lipinski definition) is 1. The maximum absolute atomic E-state index is 12.0. The molecule has 0 fully saturated rings. The van der Waals surface area contributed by atoms with Crippen molar-refractivity contribution in [2.45, 2.75) is 6.92 Å². The van der Waals surface area contributed by atoms with Gasteiger partial charge in [0.15, 0.2) is 0 Å². The lowest BCUT2D eigenvalue weighted by molar-refractivity contribution is 0.102. The Hall–Kier alpha value is -1.68. The summed E-state index contributed by atoms with van der Waals surface area (Å²) in [5.41, 5.74) is 1.65. The van der Waals surface area contributed by atoms with Gasteiger partial charge in [0.1, 0.15) is 5.82 Å². The number of halogens is 1. The van der Waals surface area contributed by atoms with Crippen molar-refractivity contribution in [3.63, 3.8) is 0 Å². The highest BCUT2D eigenvalue weighted by molar-refractivity contribution is 9.10. The molecule has 0 saturated heterocycles. The van der Waals surface area contributed by atoms with Crippen LogP contribution >= 0.6 is 15.9 Å². The van der Waals surface area contributed by atoms with Gasteiger partial charge in [-0.15, -0.1) is 0 Å². The summed E-state index contributed by atoms with van der Waals surface area (Å²) in [5, 5.41) is 2.76. The molecule has 3 nitrogen and oxygen atoms in total. The summed E-state index contributed by atoms with van der Waals surface area (Å²) >= 11 is 3.34. The predicted molar refractivity (Wildman–Crippen MR) is 71.1 cm³/mol. The number of pyridine rings is 1. The zero-order chi connectivity index (χ0) is 12.3. The van der Waals surface area contributed by atoms with Crippen LogP contribution in [0.15, 0.2) is 47.1 Å². The van der Waals surface area contributed by atoms with Crippen molar-refractivity contribution in [2.75, 3.05) is 5.32 Å². The Balaban J connectivity index is 2.20. The Morgan fingerprint density at radius 2 is 2.06 bits per heavy atom. The van der Waals surface area contributed by atoms with E-state index >= 15 is 0 Å². The topological polar surface area (TPSA) is 42.0 Å². The van der Waals surface area contributed by atoms with Crippen molar-refractivity contribution >= 4 is 27.7 Å². The van der Waals surface area contributed by atoms with E-state index in [4.69, 9.17) is 0 Å². The van der Waals surface area contributed by atoms with Gasteiger partial charge >= 0.3 is 0 Å². The van der Waals surface area contributed by atoms with Gasteiger partial charge in [0.05, 0.1) is 5.56 Å². The van der Waals surface area contributed by atoms with E-state index in [0.717, 1.165) is 10.0 Å². The first kappa shape index (κ1) is 11.8. The second-order valence-electron chi connectivity index (χ2n) is 3.65. The van der Waals surface area contributed by atoms with Crippen LogP contribution in [0.25, 0.3) is 0 Å². The van der Waals surface area contributed by atoms with Crippen LogP contribution in [0.3, 0.4) is 0 Å².